The molecule has 0 aliphatic heterocycles. The Bertz CT molecular complexity index is 959. The fourth-order valence-corrected chi connectivity index (χ4v) is 2.47. The van der Waals surface area contributed by atoms with Gasteiger partial charge in [0.2, 0.25) is 0 Å². The quantitative estimate of drug-likeness (QED) is 0.131. The van der Waals surface area contributed by atoms with Crippen LogP contribution in [0.5, 0.6) is 5.75 Å². The Balaban J connectivity index is 1.93. The third-order valence-corrected chi connectivity index (χ3v) is 4.19. The highest BCUT2D eigenvalue weighted by atomic mass is 16.7. The van der Waals surface area contributed by atoms with E-state index in [-0.39, 0.29) is 29.5 Å². The van der Waals surface area contributed by atoms with Crippen LogP contribution in [0.25, 0.3) is 0 Å². The van der Waals surface area contributed by atoms with Crippen LogP contribution in [0.1, 0.15) is 29.3 Å². The predicted molar refractivity (Wildman–Crippen MR) is 115 cm³/mol. The van der Waals surface area contributed by atoms with Crippen LogP contribution < -0.4 is 21.1 Å². The largest absolute Gasteiger partial charge is 0.514 e. The van der Waals surface area contributed by atoms with Crippen molar-refractivity contribution in [1.82, 2.24) is 10.6 Å². The fraction of sp³-hybridized carbons (Fsp3) is 0.238. The van der Waals surface area contributed by atoms with E-state index in [0.717, 1.165) is 12.1 Å². The van der Waals surface area contributed by atoms with Gasteiger partial charge in [-0.1, -0.05) is 19.6 Å². The number of rotatable bonds is 10. The normalized spacial score (nSPS) is 10.1. The van der Waals surface area contributed by atoms with E-state index in [1.165, 1.54) is 30.3 Å². The number of benzene rings is 2. The second-order valence-electron chi connectivity index (χ2n) is 6.45. The highest BCUT2D eigenvalue weighted by Crippen LogP contribution is 2.19. The van der Waals surface area contributed by atoms with E-state index in [0.29, 0.717) is 24.3 Å². The summed E-state index contributed by atoms with van der Waals surface area (Å²) < 4.78 is 10.1. The van der Waals surface area contributed by atoms with Gasteiger partial charge >= 0.3 is 6.16 Å². The van der Waals surface area contributed by atoms with Crippen LogP contribution >= 0.6 is 0 Å². The molecule has 1 amide bonds. The molecule has 0 aromatic heterocycles. The maximum absolute atomic E-state index is 12.5. The molecule has 0 fully saturated rings. The van der Waals surface area contributed by atoms with Crippen molar-refractivity contribution in [3.63, 3.8) is 0 Å². The van der Waals surface area contributed by atoms with E-state index in [1.807, 2.05) is 6.92 Å². The number of ether oxygens (including phenoxy) is 2. The van der Waals surface area contributed by atoms with E-state index >= 15 is 0 Å². The molecule has 2 rings (SSSR count). The lowest BCUT2D eigenvalue weighted by molar-refractivity contribution is -0.384. The number of carbonyl (C=O) groups excluding carboxylic acids is 2. The summed E-state index contributed by atoms with van der Waals surface area (Å²) in [5, 5.41) is 16.5. The first kappa shape index (κ1) is 23.2. The van der Waals surface area contributed by atoms with E-state index in [9.17, 15) is 19.7 Å². The SMILES string of the molecule is C=C(CC)NCCNC(=O)c1cc(N)ccc1COC(=O)Oc1ccc([N+](=O)[O-])cc1. The number of amides is 1. The number of allylic oxidation sites excluding steroid dienone is 1. The summed E-state index contributed by atoms with van der Waals surface area (Å²) in [6.07, 6.45) is -0.222. The number of nitrogen functional groups attached to an aromatic ring is 1. The highest BCUT2D eigenvalue weighted by molar-refractivity contribution is 5.96. The Morgan fingerprint density at radius 3 is 2.45 bits per heavy atom. The number of carbonyl (C=O) groups is 2. The molecule has 0 bridgehead atoms. The van der Waals surface area contributed by atoms with Crippen molar-refractivity contribution in [2.45, 2.75) is 20.0 Å². The molecule has 0 aliphatic rings. The van der Waals surface area contributed by atoms with Crippen LogP contribution in [0.3, 0.4) is 0 Å². The molecule has 0 spiro atoms. The number of hydrogen-bond donors (Lipinski definition) is 3. The number of nitrogens with two attached hydrogens (primary N) is 1. The molecular formula is C21H24N4O6. The van der Waals surface area contributed by atoms with Gasteiger partial charge in [0.05, 0.1) is 4.92 Å². The predicted octanol–water partition coefficient (Wildman–Crippen LogP) is 3.14. The van der Waals surface area contributed by atoms with Crippen molar-refractivity contribution in [1.29, 1.82) is 0 Å². The van der Waals surface area contributed by atoms with Crippen LogP contribution in [0.15, 0.2) is 54.7 Å². The minimum Gasteiger partial charge on any atom is -0.429 e. The Morgan fingerprint density at radius 1 is 1.13 bits per heavy atom. The first-order chi connectivity index (χ1) is 14.8. The average Bonchev–Trinajstić information content (AvgIpc) is 2.75. The monoisotopic (exact) mass is 428 g/mol. The summed E-state index contributed by atoms with van der Waals surface area (Å²) in [7, 11) is 0. The van der Waals surface area contributed by atoms with Gasteiger partial charge in [0, 0.05) is 47.7 Å². The van der Waals surface area contributed by atoms with Gasteiger partial charge in [0.25, 0.3) is 11.6 Å². The van der Waals surface area contributed by atoms with Gasteiger partial charge in [-0.15, -0.1) is 0 Å². The number of anilines is 1. The van der Waals surface area contributed by atoms with E-state index in [4.69, 9.17) is 15.2 Å². The Kier molecular flexibility index (Phi) is 8.38. The molecule has 4 N–H and O–H groups in total. The lowest BCUT2D eigenvalue weighted by Crippen LogP contribution is -2.32. The zero-order chi connectivity index (χ0) is 22.8. The van der Waals surface area contributed by atoms with Gasteiger partial charge in [-0.05, 0) is 30.7 Å². The Hall–Kier alpha value is -4.08. The third-order valence-electron chi connectivity index (χ3n) is 4.19. The Morgan fingerprint density at radius 2 is 1.81 bits per heavy atom. The zero-order valence-electron chi connectivity index (χ0n) is 17.1. The van der Waals surface area contributed by atoms with Crippen LogP contribution in [0, 0.1) is 10.1 Å². The molecule has 0 aliphatic carbocycles. The van der Waals surface area contributed by atoms with Crippen molar-refractivity contribution < 1.29 is 24.0 Å². The molecule has 2 aromatic rings. The van der Waals surface area contributed by atoms with Crippen molar-refractivity contribution in [2.75, 3.05) is 18.8 Å². The first-order valence-corrected chi connectivity index (χ1v) is 9.47. The minimum atomic E-state index is -1.01. The van der Waals surface area contributed by atoms with Gasteiger partial charge in [0.1, 0.15) is 12.4 Å². The van der Waals surface area contributed by atoms with Crippen molar-refractivity contribution in [3.05, 3.63) is 76.0 Å². The summed E-state index contributed by atoms with van der Waals surface area (Å²) in [4.78, 5) is 34.5. The molecule has 31 heavy (non-hydrogen) atoms. The second-order valence-corrected chi connectivity index (χ2v) is 6.45. The number of nitrogens with one attached hydrogen (secondary N) is 2. The molecule has 0 unspecified atom stereocenters. The standard InChI is InChI=1S/C21H24N4O6/c1-3-14(2)23-10-11-24-20(26)19-12-16(22)5-4-15(19)13-30-21(27)31-18-8-6-17(7-9-18)25(28)29/h4-9,12,23H,2-3,10-11,13,22H2,1H3,(H,24,26). The molecule has 2 aromatic carbocycles. The number of nitrogens with zero attached hydrogens (tertiary/aromatic N) is 1. The topological polar surface area (TPSA) is 146 Å². The summed E-state index contributed by atoms with van der Waals surface area (Å²) in [6.45, 7) is 6.47. The molecular weight excluding hydrogens is 404 g/mol. The van der Waals surface area contributed by atoms with E-state index < -0.39 is 11.1 Å². The summed E-state index contributed by atoms with van der Waals surface area (Å²) in [6, 6.07) is 9.63. The molecule has 10 nitrogen and oxygen atoms in total. The van der Waals surface area contributed by atoms with Gasteiger partial charge in [-0.3, -0.25) is 14.9 Å². The molecule has 10 heteroatoms. The lowest BCUT2D eigenvalue weighted by atomic mass is 10.1. The number of nitro groups is 1. The molecule has 0 saturated carbocycles. The summed E-state index contributed by atoms with van der Waals surface area (Å²) >= 11 is 0. The maximum atomic E-state index is 12.5. The maximum Gasteiger partial charge on any atom is 0.514 e. The van der Waals surface area contributed by atoms with Crippen LogP contribution in [-0.4, -0.2) is 30.1 Å². The van der Waals surface area contributed by atoms with Gasteiger partial charge in [0.15, 0.2) is 0 Å². The van der Waals surface area contributed by atoms with Crippen LogP contribution in [-0.2, 0) is 11.3 Å². The van der Waals surface area contributed by atoms with Crippen molar-refractivity contribution >= 4 is 23.4 Å². The second kappa shape index (κ2) is 11.2. The van der Waals surface area contributed by atoms with Gasteiger partial charge in [-0.25, -0.2) is 4.79 Å². The molecule has 164 valence electrons. The fourth-order valence-electron chi connectivity index (χ4n) is 2.47. The van der Waals surface area contributed by atoms with Crippen molar-refractivity contribution in [3.8, 4) is 5.75 Å². The lowest BCUT2D eigenvalue weighted by Gasteiger charge is -2.13. The van der Waals surface area contributed by atoms with Crippen molar-refractivity contribution in [2.24, 2.45) is 0 Å². The summed E-state index contributed by atoms with van der Waals surface area (Å²) in [5.41, 5.74) is 7.63. The van der Waals surface area contributed by atoms with E-state index in [2.05, 4.69) is 17.2 Å². The molecule has 0 radical (unpaired) electrons. The minimum absolute atomic E-state index is 0.0899. The highest BCUT2D eigenvalue weighted by Gasteiger charge is 2.15. The van der Waals surface area contributed by atoms with Crippen LogP contribution in [0.4, 0.5) is 16.2 Å². The van der Waals surface area contributed by atoms with E-state index in [1.54, 1.807) is 12.1 Å². The molecule has 0 atom stereocenters. The first-order valence-electron chi connectivity index (χ1n) is 9.47. The Labute approximate surface area is 179 Å². The van der Waals surface area contributed by atoms with Gasteiger partial charge < -0.3 is 25.8 Å². The molecule has 0 heterocycles. The number of non-ortho nitro benzene ring substituents is 1. The molecule has 0 saturated heterocycles. The number of hydrogen-bond acceptors (Lipinski definition) is 8. The van der Waals surface area contributed by atoms with Gasteiger partial charge in [-0.2, -0.15) is 0 Å². The number of nitro benzene ring substituents is 1. The zero-order valence-corrected chi connectivity index (χ0v) is 17.1. The average molecular weight is 428 g/mol. The summed E-state index contributed by atoms with van der Waals surface area (Å²) in [5.74, 6) is -0.273. The van der Waals surface area contributed by atoms with Crippen LogP contribution in [0.2, 0.25) is 0 Å². The smallest absolute Gasteiger partial charge is 0.429 e. The third kappa shape index (κ3) is 7.35.